The highest BCUT2D eigenvalue weighted by Gasteiger charge is 2.55. The molecule has 3 amide bonds. The van der Waals surface area contributed by atoms with Gasteiger partial charge < -0.3 is 31.4 Å². The Hall–Kier alpha value is -5.69. The maximum atomic E-state index is 13.7. The number of thioether (sulfide) groups is 1. The molecule has 3 aromatic heterocycles. The number of nitrogen functional groups attached to an aromatic ring is 1. The van der Waals surface area contributed by atoms with Crippen LogP contribution in [-0.2, 0) is 21.4 Å². The quantitative estimate of drug-likeness (QED) is 0.0571. The fourth-order valence-electron chi connectivity index (χ4n) is 5.13. The molecule has 0 radical (unpaired) electrons. The van der Waals surface area contributed by atoms with Gasteiger partial charge in [0.2, 0.25) is 16.9 Å². The number of carboxylic acids is 1. The van der Waals surface area contributed by atoms with Crippen LogP contribution in [0.4, 0.5) is 5.69 Å². The van der Waals surface area contributed by atoms with Crippen LogP contribution >= 0.6 is 24.0 Å². The van der Waals surface area contributed by atoms with Gasteiger partial charge in [-0.3, -0.25) is 28.9 Å². The second kappa shape index (κ2) is 11.7. The molecule has 17 nitrogen and oxygen atoms in total. The number of nitrogens with zero attached hydrogens (tertiary/aromatic N) is 5. The van der Waals surface area contributed by atoms with Crippen LogP contribution in [0, 0.1) is 0 Å². The Morgan fingerprint density at radius 2 is 1.98 bits per heavy atom. The van der Waals surface area contributed by atoms with Crippen molar-refractivity contribution in [1.29, 1.82) is 0 Å². The molecule has 5 heterocycles. The summed E-state index contributed by atoms with van der Waals surface area (Å²) in [4.78, 5) is 83.8. The number of aromatic amines is 2. The number of nitrogens with one attached hydrogen (secondary N) is 4. The summed E-state index contributed by atoms with van der Waals surface area (Å²) in [5.74, 6) is -3.66. The number of hydrogen-bond acceptors (Lipinski definition) is 12. The molecule has 6 rings (SSSR count). The lowest BCUT2D eigenvalue weighted by atomic mass is 9.99. The minimum Gasteiger partial charge on any atom is -0.477 e. The van der Waals surface area contributed by atoms with Gasteiger partial charge in [0.1, 0.15) is 34.2 Å². The Balaban J connectivity index is 1.27. The molecular formula is C27H22N10O7S2. The first-order valence-corrected chi connectivity index (χ1v) is 14.8. The van der Waals surface area contributed by atoms with Crippen molar-refractivity contribution >= 4 is 69.3 Å². The SMILES string of the molecule is Cn1nnnc1C(=S)C1=C(C(=O)O)N2C(=O)C(NC(=O)C(NC(=O)c3c[nH]c4ccc(=O)[nH]c4c3=O)c3cccc(N)c3)[C@@H]2SC1. The summed E-state index contributed by atoms with van der Waals surface area (Å²) in [6.07, 6.45) is 1.15. The van der Waals surface area contributed by atoms with Crippen molar-refractivity contribution in [2.24, 2.45) is 7.05 Å². The monoisotopic (exact) mass is 662 g/mol. The van der Waals surface area contributed by atoms with Crippen LogP contribution in [0.25, 0.3) is 11.0 Å². The molecule has 2 aliphatic rings. The molecule has 1 aromatic carbocycles. The van der Waals surface area contributed by atoms with Crippen molar-refractivity contribution in [3.8, 4) is 0 Å². The zero-order valence-corrected chi connectivity index (χ0v) is 25.1. The lowest BCUT2D eigenvalue weighted by molar-refractivity contribution is -0.150. The molecule has 234 valence electrons. The van der Waals surface area contributed by atoms with Gasteiger partial charge in [-0.25, -0.2) is 9.48 Å². The fourth-order valence-corrected chi connectivity index (χ4v) is 6.91. The standard InChI is InChI=1S/C27H22N10O7S2/c1-36-22(33-34-35-36)21(45)13-9-46-26-18(25(42)37(26)19(13)27(43)44)32-24(41)16(10-3-2-4-11(28)7-10)31-23(40)12-8-29-14-5-6-15(38)30-17(14)20(12)39/h2-8,16,18,26H,9,28H2,1H3,(H,29,39)(H,30,38)(H,31,40)(H,32,41)(H,43,44)/t16?,18?,26-/m0/s1. The molecule has 19 heteroatoms. The van der Waals surface area contributed by atoms with Gasteiger partial charge in [-0.1, -0.05) is 24.4 Å². The summed E-state index contributed by atoms with van der Waals surface area (Å²) in [6.45, 7) is 0. The molecule has 3 atom stereocenters. The highest BCUT2D eigenvalue weighted by Crippen LogP contribution is 2.41. The number of aliphatic carboxylic acids is 1. The number of aromatic nitrogens is 6. The minimum atomic E-state index is -1.43. The van der Waals surface area contributed by atoms with E-state index in [4.69, 9.17) is 18.0 Å². The number of carbonyl (C=O) groups excluding carboxylic acids is 3. The number of benzene rings is 1. The number of pyridine rings is 2. The van der Waals surface area contributed by atoms with Crippen LogP contribution in [0.1, 0.15) is 27.8 Å². The fraction of sp³-hybridized carbons (Fsp3) is 0.185. The summed E-state index contributed by atoms with van der Waals surface area (Å²) < 4.78 is 1.28. The molecule has 0 spiro atoms. The van der Waals surface area contributed by atoms with Crippen LogP contribution in [0.5, 0.6) is 0 Å². The molecular weight excluding hydrogens is 640 g/mol. The first kappa shape index (κ1) is 30.3. The zero-order valence-electron chi connectivity index (χ0n) is 23.5. The molecule has 7 N–H and O–H groups in total. The van der Waals surface area contributed by atoms with E-state index >= 15 is 0 Å². The summed E-state index contributed by atoms with van der Waals surface area (Å²) in [5, 5.41) is 25.4. The molecule has 0 bridgehead atoms. The van der Waals surface area contributed by atoms with Crippen molar-refractivity contribution in [2.45, 2.75) is 17.5 Å². The highest BCUT2D eigenvalue weighted by atomic mass is 32.2. The summed E-state index contributed by atoms with van der Waals surface area (Å²) in [5.41, 5.74) is 4.72. The number of nitrogens with two attached hydrogens (primary N) is 1. The first-order chi connectivity index (χ1) is 22.0. The van der Waals surface area contributed by atoms with Gasteiger partial charge in [-0.2, -0.15) is 0 Å². The van der Waals surface area contributed by atoms with Crippen LogP contribution < -0.4 is 27.4 Å². The summed E-state index contributed by atoms with van der Waals surface area (Å²) >= 11 is 6.63. The summed E-state index contributed by atoms with van der Waals surface area (Å²) in [7, 11) is 1.54. The number of hydrogen-bond donors (Lipinski definition) is 6. The van der Waals surface area contributed by atoms with Gasteiger partial charge in [0, 0.05) is 36.3 Å². The lowest BCUT2D eigenvalue weighted by Crippen LogP contribution is -2.71. The van der Waals surface area contributed by atoms with E-state index in [1.54, 1.807) is 12.1 Å². The van der Waals surface area contributed by atoms with Gasteiger partial charge in [0.25, 0.3) is 11.8 Å². The number of carboxylic acid groups (broad SMARTS) is 1. The highest BCUT2D eigenvalue weighted by molar-refractivity contribution is 8.00. The summed E-state index contributed by atoms with van der Waals surface area (Å²) in [6, 6.07) is 6.09. The third kappa shape index (κ3) is 5.20. The number of aryl methyl sites for hydroxylation is 1. The first-order valence-electron chi connectivity index (χ1n) is 13.4. The largest absolute Gasteiger partial charge is 0.477 e. The number of rotatable bonds is 8. The second-order valence-electron chi connectivity index (χ2n) is 10.2. The van der Waals surface area contributed by atoms with Crippen LogP contribution in [0.3, 0.4) is 0 Å². The molecule has 0 saturated carbocycles. The number of fused-ring (bicyclic) bond motifs is 2. The van der Waals surface area contributed by atoms with Gasteiger partial charge in [-0.15, -0.1) is 16.9 Å². The van der Waals surface area contributed by atoms with E-state index in [2.05, 4.69) is 36.1 Å². The Morgan fingerprint density at radius 3 is 2.67 bits per heavy atom. The van der Waals surface area contributed by atoms with Gasteiger partial charge in [0.05, 0.1) is 10.4 Å². The number of tetrazole rings is 1. The molecule has 2 unspecified atom stereocenters. The predicted octanol–water partition coefficient (Wildman–Crippen LogP) is -1.05. The van der Waals surface area contributed by atoms with Crippen molar-refractivity contribution in [3.05, 3.63) is 91.4 Å². The topological polar surface area (TPSA) is 251 Å². The smallest absolute Gasteiger partial charge is 0.353 e. The number of amides is 3. The van der Waals surface area contributed by atoms with E-state index in [0.29, 0.717) is 0 Å². The predicted molar refractivity (Wildman–Crippen MR) is 166 cm³/mol. The van der Waals surface area contributed by atoms with Crippen molar-refractivity contribution < 1.29 is 24.3 Å². The minimum absolute atomic E-state index is 0.0633. The third-order valence-corrected chi connectivity index (χ3v) is 9.06. The van der Waals surface area contributed by atoms with E-state index in [0.717, 1.165) is 11.1 Å². The van der Waals surface area contributed by atoms with E-state index in [1.807, 2.05) is 0 Å². The van der Waals surface area contributed by atoms with E-state index < -0.39 is 52.1 Å². The zero-order chi connectivity index (χ0) is 32.9. The van der Waals surface area contributed by atoms with Crippen molar-refractivity contribution in [2.75, 3.05) is 11.5 Å². The average molecular weight is 663 g/mol. The Morgan fingerprint density at radius 1 is 1.20 bits per heavy atom. The number of anilines is 1. The Labute approximate surface area is 266 Å². The van der Waals surface area contributed by atoms with Crippen LogP contribution in [-0.4, -0.2) is 85.9 Å². The molecule has 1 fully saturated rings. The molecule has 0 aliphatic carbocycles. The molecule has 46 heavy (non-hydrogen) atoms. The van der Waals surface area contributed by atoms with Gasteiger partial charge >= 0.3 is 5.97 Å². The van der Waals surface area contributed by atoms with E-state index in [1.165, 1.54) is 47.8 Å². The van der Waals surface area contributed by atoms with Crippen LogP contribution in [0.15, 0.2) is 63.5 Å². The third-order valence-electron chi connectivity index (χ3n) is 7.35. The number of thiocarbonyl (C=S) groups is 1. The van der Waals surface area contributed by atoms with Crippen LogP contribution in [0.2, 0.25) is 0 Å². The maximum absolute atomic E-state index is 13.7. The second-order valence-corrected chi connectivity index (χ2v) is 11.7. The van der Waals surface area contributed by atoms with Crippen molar-refractivity contribution in [3.63, 3.8) is 0 Å². The van der Waals surface area contributed by atoms with Crippen molar-refractivity contribution in [1.82, 2.24) is 45.7 Å². The number of H-pyrrole nitrogens is 2. The normalized spacial score (nSPS) is 18.0. The molecule has 4 aromatic rings. The molecule has 2 aliphatic heterocycles. The number of β-lactam (4-membered cyclic amide) rings is 1. The lowest BCUT2D eigenvalue weighted by Gasteiger charge is -2.49. The molecule has 1 saturated heterocycles. The Bertz CT molecular complexity index is 2140. The average Bonchev–Trinajstić information content (AvgIpc) is 3.47. The van der Waals surface area contributed by atoms with E-state index in [-0.39, 0.29) is 55.6 Å². The van der Waals surface area contributed by atoms with Gasteiger partial charge in [-0.05, 0) is 34.2 Å². The number of carbonyl (C=O) groups is 4. The Kier molecular flexibility index (Phi) is 7.70. The van der Waals surface area contributed by atoms with Gasteiger partial charge in [0.15, 0.2) is 5.82 Å². The van der Waals surface area contributed by atoms with E-state index in [9.17, 15) is 33.9 Å². The maximum Gasteiger partial charge on any atom is 0.353 e.